The number of aliphatic carboxylic acids is 1. The Bertz CT molecular complexity index is 1710. The summed E-state index contributed by atoms with van der Waals surface area (Å²) in [5.41, 5.74) is 0. The molecule has 0 rings (SSSR count). The van der Waals surface area contributed by atoms with Gasteiger partial charge >= 0.3 is 11.9 Å². The second-order valence-electron chi connectivity index (χ2n) is 28.7. The largest absolute Gasteiger partial charge is 0.545 e. The number of esters is 2. The van der Waals surface area contributed by atoms with Gasteiger partial charge in [0.2, 0.25) is 0 Å². The Balaban J connectivity index is 3.97. The fourth-order valence-electron chi connectivity index (χ4n) is 12.2. The molecular weight excluding hydrogens is 1150 g/mol. The van der Waals surface area contributed by atoms with Gasteiger partial charge in [0.05, 0.1) is 40.3 Å². The lowest BCUT2D eigenvalue weighted by Gasteiger charge is -2.26. The number of hydrogen-bond donors (Lipinski definition) is 0. The summed E-state index contributed by atoms with van der Waals surface area (Å²) >= 11 is 0. The fraction of sp³-hybridized carbons (Fsp3) is 0.845. The van der Waals surface area contributed by atoms with Crippen LogP contribution in [-0.4, -0.2) is 82.3 Å². The predicted molar refractivity (Wildman–Crippen MR) is 399 cm³/mol. The number of carbonyl (C=O) groups is 3. The van der Waals surface area contributed by atoms with E-state index in [9.17, 15) is 19.5 Å². The molecule has 0 aromatic rings. The molecule has 9 nitrogen and oxygen atoms in total. The molecule has 0 saturated carbocycles. The second-order valence-corrected chi connectivity index (χ2v) is 28.7. The van der Waals surface area contributed by atoms with E-state index >= 15 is 0 Å². The van der Waals surface area contributed by atoms with E-state index in [1.807, 2.05) is 21.1 Å². The van der Waals surface area contributed by atoms with Crippen LogP contribution in [0.4, 0.5) is 0 Å². The molecule has 0 aromatic carbocycles. The smallest absolute Gasteiger partial charge is 0.306 e. The number of ether oxygens (including phenoxy) is 4. The summed E-state index contributed by atoms with van der Waals surface area (Å²) in [6.07, 6.45) is 96.4. The Hall–Kier alpha value is -3.01. The topological polar surface area (TPSA) is 111 Å². The van der Waals surface area contributed by atoms with Gasteiger partial charge in [-0.1, -0.05) is 389 Å². The monoisotopic (exact) mass is 1310 g/mol. The van der Waals surface area contributed by atoms with E-state index in [2.05, 4.69) is 74.6 Å². The highest BCUT2D eigenvalue weighted by molar-refractivity contribution is 5.70. The summed E-state index contributed by atoms with van der Waals surface area (Å²) < 4.78 is 22.9. The van der Waals surface area contributed by atoms with Crippen LogP contribution in [0.5, 0.6) is 0 Å². The molecule has 2 unspecified atom stereocenters. The molecule has 0 bridgehead atoms. The number of likely N-dealkylation sites (N-methyl/N-ethyl adjacent to an activating group) is 1. The van der Waals surface area contributed by atoms with Gasteiger partial charge in [-0.05, 0) is 57.8 Å². The van der Waals surface area contributed by atoms with Crippen LogP contribution in [-0.2, 0) is 33.3 Å². The van der Waals surface area contributed by atoms with Gasteiger partial charge in [-0.3, -0.25) is 9.59 Å². The highest BCUT2D eigenvalue weighted by Gasteiger charge is 2.22. The van der Waals surface area contributed by atoms with E-state index in [1.165, 1.54) is 302 Å². The lowest BCUT2D eigenvalue weighted by molar-refractivity contribution is -0.870. The zero-order chi connectivity index (χ0) is 67.5. The minimum atomic E-state index is -1.62. The number of rotatable bonds is 76. The van der Waals surface area contributed by atoms with E-state index in [0.29, 0.717) is 17.4 Å². The highest BCUT2D eigenvalue weighted by atomic mass is 16.7. The summed E-state index contributed by atoms with van der Waals surface area (Å²) in [6.45, 7) is 4.71. The van der Waals surface area contributed by atoms with Crippen LogP contribution in [0.2, 0.25) is 0 Å². The molecule has 0 aliphatic heterocycles. The van der Waals surface area contributed by atoms with Gasteiger partial charge in [-0.25, -0.2) is 0 Å². The summed E-state index contributed by atoms with van der Waals surface area (Å²) in [5, 5.41) is 11.9. The van der Waals surface area contributed by atoms with Gasteiger partial charge in [-0.2, -0.15) is 0 Å². The van der Waals surface area contributed by atoms with Crippen molar-refractivity contribution in [1.82, 2.24) is 0 Å². The van der Waals surface area contributed by atoms with Crippen molar-refractivity contribution in [3.05, 3.63) is 60.8 Å². The third kappa shape index (κ3) is 76.2. The van der Waals surface area contributed by atoms with Crippen molar-refractivity contribution in [2.45, 2.75) is 411 Å². The minimum Gasteiger partial charge on any atom is -0.545 e. The number of carbonyl (C=O) groups excluding carboxylic acids is 3. The normalized spacial score (nSPS) is 12.9. The summed E-state index contributed by atoms with van der Waals surface area (Å²) in [5.74, 6) is -2.25. The number of carboxylic acids is 1. The molecule has 0 N–H and O–H groups in total. The number of nitrogens with zero attached hydrogens (tertiary/aromatic N) is 1. The van der Waals surface area contributed by atoms with Gasteiger partial charge in [0, 0.05) is 12.8 Å². The maximum absolute atomic E-state index is 13.0. The van der Waals surface area contributed by atoms with Gasteiger partial charge in [0.15, 0.2) is 12.4 Å². The Morgan fingerprint density at radius 1 is 0.333 bits per heavy atom. The molecule has 0 aliphatic rings. The van der Waals surface area contributed by atoms with Crippen LogP contribution in [0, 0.1) is 0 Å². The first-order chi connectivity index (χ1) is 45.6. The third-order valence-corrected chi connectivity index (χ3v) is 18.3. The van der Waals surface area contributed by atoms with E-state index in [1.54, 1.807) is 0 Å². The Morgan fingerprint density at radius 3 is 0.914 bits per heavy atom. The number of quaternary nitrogens is 1. The summed E-state index contributed by atoms with van der Waals surface area (Å²) in [6, 6.07) is 0. The number of carboxylic acid groups (broad SMARTS) is 1. The molecule has 0 saturated heterocycles. The van der Waals surface area contributed by atoms with Crippen molar-refractivity contribution in [3.8, 4) is 0 Å². The molecule has 0 spiro atoms. The lowest BCUT2D eigenvalue weighted by atomic mass is 10.0. The molecule has 0 fully saturated rings. The molecule has 0 heterocycles. The van der Waals surface area contributed by atoms with Crippen molar-refractivity contribution in [3.63, 3.8) is 0 Å². The molecule has 0 amide bonds. The van der Waals surface area contributed by atoms with Gasteiger partial charge in [0.1, 0.15) is 13.2 Å². The molecule has 544 valence electrons. The number of allylic oxidation sites excluding steroid dienone is 10. The second kappa shape index (κ2) is 74.8. The highest BCUT2D eigenvalue weighted by Crippen LogP contribution is 2.20. The quantitative estimate of drug-likeness (QED) is 0.0195. The fourth-order valence-corrected chi connectivity index (χ4v) is 12.2. The molecule has 2 atom stereocenters. The average Bonchev–Trinajstić information content (AvgIpc) is 3.73. The van der Waals surface area contributed by atoms with Gasteiger partial charge < -0.3 is 33.3 Å². The van der Waals surface area contributed by atoms with Crippen LogP contribution in [0.15, 0.2) is 60.8 Å². The molecule has 93 heavy (non-hydrogen) atoms. The van der Waals surface area contributed by atoms with Crippen LogP contribution < -0.4 is 5.11 Å². The van der Waals surface area contributed by atoms with E-state index in [-0.39, 0.29) is 32.2 Å². The van der Waals surface area contributed by atoms with Crippen LogP contribution in [0.3, 0.4) is 0 Å². The first kappa shape index (κ1) is 90.0. The number of hydrogen-bond acceptors (Lipinski definition) is 8. The van der Waals surface area contributed by atoms with Crippen molar-refractivity contribution in [1.29, 1.82) is 0 Å². The van der Waals surface area contributed by atoms with Gasteiger partial charge in [0.25, 0.3) is 0 Å². The van der Waals surface area contributed by atoms with Gasteiger partial charge in [-0.15, -0.1) is 0 Å². The maximum Gasteiger partial charge on any atom is 0.306 e. The van der Waals surface area contributed by atoms with Crippen molar-refractivity contribution in [2.24, 2.45) is 0 Å². The van der Waals surface area contributed by atoms with Crippen LogP contribution in [0.25, 0.3) is 0 Å². The Kier molecular flexibility index (Phi) is 72.4. The molecule has 0 aliphatic carbocycles. The minimum absolute atomic E-state index is 0.150. The first-order valence-electron chi connectivity index (χ1n) is 40.4. The molecule has 0 aromatic heterocycles. The Labute approximate surface area is 577 Å². The van der Waals surface area contributed by atoms with E-state index in [4.69, 9.17) is 18.9 Å². The molecule has 9 heteroatoms. The summed E-state index contributed by atoms with van der Waals surface area (Å²) in [7, 11) is 5.95. The SMILES string of the molecule is CC/C=C\C/C=C\C/C=C\C/C=C\C/C=C\CCCCCCCCCCCCCCCCCCCCCCCC(=O)OC(COC(=O)CCCCCCCCCCCCCCCCCCCCCCCCCCCCCCCCC)COC(OCC[N+](C)(C)C)C(=O)[O-]. The number of unbranched alkanes of at least 4 members (excludes halogenated alkanes) is 51. The van der Waals surface area contributed by atoms with E-state index in [0.717, 1.165) is 70.6 Å². The van der Waals surface area contributed by atoms with Crippen LogP contribution >= 0.6 is 0 Å². The molecule has 0 radical (unpaired) electrons. The average molecular weight is 1310 g/mol. The third-order valence-electron chi connectivity index (χ3n) is 18.3. The standard InChI is InChI=1S/C84H155NO8/c1-6-8-10-12-14-16-18-20-22-24-26-28-30-32-34-36-38-39-40-41-42-43-45-47-49-51-53-55-57-59-61-63-65-67-69-71-73-75-82(87)93-80(79-92-84(83(88)89)90-77-76-85(3,4)5)78-91-81(86)74-72-70-68-66-64-62-60-58-56-54-52-50-48-46-44-37-35-33-31-29-27-25-23-21-19-17-15-13-11-9-7-2/h8,10,14,16,20,22,26,28,32,34,80,84H,6-7,9,11-13,15,17-19,21,23-25,27,29-31,33,35-79H2,1-5H3/b10-8-,16-14-,22-20-,28-26-,34-32-. The van der Waals surface area contributed by atoms with Crippen molar-refractivity contribution < 1.29 is 42.9 Å². The lowest BCUT2D eigenvalue weighted by Crippen LogP contribution is -2.44. The van der Waals surface area contributed by atoms with Crippen molar-refractivity contribution in [2.75, 3.05) is 47.5 Å². The molecular formula is C84H155NO8. The first-order valence-corrected chi connectivity index (χ1v) is 40.4. The summed E-state index contributed by atoms with van der Waals surface area (Å²) in [4.78, 5) is 37.6. The van der Waals surface area contributed by atoms with Crippen molar-refractivity contribution >= 4 is 17.9 Å². The van der Waals surface area contributed by atoms with E-state index < -0.39 is 24.3 Å². The maximum atomic E-state index is 13.0. The Morgan fingerprint density at radius 2 is 0.613 bits per heavy atom. The van der Waals surface area contributed by atoms with Crippen LogP contribution in [0.1, 0.15) is 399 Å². The predicted octanol–water partition coefficient (Wildman–Crippen LogP) is 24.5. The zero-order valence-electron chi connectivity index (χ0n) is 62.4. The zero-order valence-corrected chi connectivity index (χ0v) is 62.4.